The van der Waals surface area contributed by atoms with Crippen molar-refractivity contribution in [1.82, 2.24) is 0 Å². The molecule has 0 aliphatic heterocycles. The fourth-order valence-electron chi connectivity index (χ4n) is 1.24. The smallest absolute Gasteiger partial charge is 0.0218 e. The zero-order valence-corrected chi connectivity index (χ0v) is 7.20. The summed E-state index contributed by atoms with van der Waals surface area (Å²) in [6, 6.07) is 0. The zero-order valence-electron chi connectivity index (χ0n) is 7.20. The van der Waals surface area contributed by atoms with E-state index in [0.717, 1.165) is 5.92 Å². The SMILES string of the molecule is CC[C](CC)C(C)CC. The molecule has 0 aromatic rings. The van der Waals surface area contributed by atoms with Gasteiger partial charge in [-0.2, -0.15) is 0 Å². The molecule has 0 saturated heterocycles. The fourth-order valence-corrected chi connectivity index (χ4v) is 1.24. The molecule has 0 spiro atoms. The van der Waals surface area contributed by atoms with Crippen molar-refractivity contribution in [2.45, 2.75) is 47.0 Å². The molecule has 0 nitrogen and oxygen atoms in total. The fraction of sp³-hybridized carbons (Fsp3) is 0.889. The second-order valence-electron chi connectivity index (χ2n) is 2.67. The van der Waals surface area contributed by atoms with E-state index in [-0.39, 0.29) is 0 Å². The molecule has 9 heavy (non-hydrogen) atoms. The van der Waals surface area contributed by atoms with Crippen molar-refractivity contribution in [2.24, 2.45) is 5.92 Å². The van der Waals surface area contributed by atoms with Crippen LogP contribution in [0.15, 0.2) is 0 Å². The van der Waals surface area contributed by atoms with Gasteiger partial charge in [0, 0.05) is 0 Å². The predicted molar refractivity (Wildman–Crippen MR) is 43.3 cm³/mol. The van der Waals surface area contributed by atoms with E-state index in [1.165, 1.54) is 19.3 Å². The maximum atomic E-state index is 2.32. The summed E-state index contributed by atoms with van der Waals surface area (Å²) in [4.78, 5) is 0. The highest BCUT2D eigenvalue weighted by atomic mass is 14.2. The van der Waals surface area contributed by atoms with E-state index < -0.39 is 0 Å². The van der Waals surface area contributed by atoms with Gasteiger partial charge in [0.1, 0.15) is 0 Å². The number of rotatable bonds is 4. The third-order valence-electron chi connectivity index (χ3n) is 2.22. The third-order valence-corrected chi connectivity index (χ3v) is 2.22. The normalized spacial score (nSPS) is 14.3. The standard InChI is InChI=1S/C9H19/c1-5-8(4)9(6-2)7-3/h8H,5-7H2,1-4H3. The molecular formula is C9H19. The first-order valence-electron chi connectivity index (χ1n) is 4.10. The van der Waals surface area contributed by atoms with Crippen LogP contribution in [0, 0.1) is 11.8 Å². The van der Waals surface area contributed by atoms with E-state index in [1.54, 1.807) is 5.92 Å². The first-order chi connectivity index (χ1) is 4.26. The van der Waals surface area contributed by atoms with Crippen LogP contribution in [0.5, 0.6) is 0 Å². The van der Waals surface area contributed by atoms with Crippen LogP contribution < -0.4 is 0 Å². The molecule has 0 heterocycles. The Bertz CT molecular complexity index is 53.1. The van der Waals surface area contributed by atoms with Crippen LogP contribution in [0.1, 0.15) is 47.0 Å². The molecule has 55 valence electrons. The molecule has 1 unspecified atom stereocenters. The average Bonchev–Trinajstić information content (AvgIpc) is 1.90. The molecule has 0 amide bonds. The van der Waals surface area contributed by atoms with E-state index in [4.69, 9.17) is 0 Å². The Morgan fingerprint density at radius 1 is 1.11 bits per heavy atom. The van der Waals surface area contributed by atoms with Gasteiger partial charge in [-0.3, -0.25) is 0 Å². The molecule has 1 atom stereocenters. The number of hydrogen-bond donors (Lipinski definition) is 0. The van der Waals surface area contributed by atoms with Crippen molar-refractivity contribution < 1.29 is 0 Å². The molecular weight excluding hydrogens is 108 g/mol. The Hall–Kier alpha value is 0. The Labute approximate surface area is 59.7 Å². The molecule has 0 rings (SSSR count). The zero-order chi connectivity index (χ0) is 7.28. The average molecular weight is 127 g/mol. The van der Waals surface area contributed by atoms with Gasteiger partial charge in [-0.1, -0.05) is 34.1 Å². The van der Waals surface area contributed by atoms with Crippen LogP contribution in [0.25, 0.3) is 0 Å². The van der Waals surface area contributed by atoms with Crippen LogP contribution in [0.4, 0.5) is 0 Å². The Morgan fingerprint density at radius 2 is 1.56 bits per heavy atom. The van der Waals surface area contributed by atoms with Crippen LogP contribution >= 0.6 is 0 Å². The summed E-state index contributed by atoms with van der Waals surface area (Å²) in [7, 11) is 0. The lowest BCUT2D eigenvalue weighted by molar-refractivity contribution is 0.522. The van der Waals surface area contributed by atoms with Crippen molar-refractivity contribution in [3.05, 3.63) is 5.92 Å². The number of hydrogen-bond acceptors (Lipinski definition) is 0. The molecule has 1 radical (unpaired) electrons. The highest BCUT2D eigenvalue weighted by Gasteiger charge is 2.10. The second-order valence-corrected chi connectivity index (χ2v) is 2.67. The summed E-state index contributed by atoms with van der Waals surface area (Å²) in [6.07, 6.45) is 3.84. The lowest BCUT2D eigenvalue weighted by Gasteiger charge is -2.18. The highest BCUT2D eigenvalue weighted by Crippen LogP contribution is 2.23. The molecule has 0 N–H and O–H groups in total. The van der Waals surface area contributed by atoms with Crippen molar-refractivity contribution in [2.75, 3.05) is 0 Å². The van der Waals surface area contributed by atoms with E-state index in [2.05, 4.69) is 27.7 Å². The Kier molecular flexibility index (Phi) is 4.84. The minimum Gasteiger partial charge on any atom is -0.0651 e. The lowest BCUT2D eigenvalue weighted by atomic mass is 9.88. The summed E-state index contributed by atoms with van der Waals surface area (Å²) in [6.45, 7) is 9.09. The molecule has 0 aromatic carbocycles. The maximum absolute atomic E-state index is 2.32. The molecule has 0 aliphatic rings. The second kappa shape index (κ2) is 4.84. The van der Waals surface area contributed by atoms with Gasteiger partial charge >= 0.3 is 0 Å². The Morgan fingerprint density at radius 3 is 1.67 bits per heavy atom. The van der Waals surface area contributed by atoms with Gasteiger partial charge in [0.05, 0.1) is 0 Å². The van der Waals surface area contributed by atoms with Gasteiger partial charge in [-0.25, -0.2) is 0 Å². The van der Waals surface area contributed by atoms with Crippen molar-refractivity contribution >= 4 is 0 Å². The molecule has 0 aromatic heterocycles. The van der Waals surface area contributed by atoms with E-state index in [9.17, 15) is 0 Å². The van der Waals surface area contributed by atoms with Gasteiger partial charge in [0.15, 0.2) is 0 Å². The summed E-state index contributed by atoms with van der Waals surface area (Å²) in [5, 5.41) is 0. The molecule has 0 aliphatic carbocycles. The van der Waals surface area contributed by atoms with Gasteiger partial charge in [-0.05, 0) is 24.7 Å². The largest absolute Gasteiger partial charge is 0.0651 e. The third kappa shape index (κ3) is 2.88. The van der Waals surface area contributed by atoms with Gasteiger partial charge < -0.3 is 0 Å². The Balaban J connectivity index is 3.50. The summed E-state index contributed by atoms with van der Waals surface area (Å²) >= 11 is 0. The molecule has 0 saturated carbocycles. The van der Waals surface area contributed by atoms with Gasteiger partial charge in [0.25, 0.3) is 0 Å². The van der Waals surface area contributed by atoms with E-state index in [1.807, 2.05) is 0 Å². The van der Waals surface area contributed by atoms with Gasteiger partial charge in [-0.15, -0.1) is 0 Å². The minimum atomic E-state index is 0.847. The van der Waals surface area contributed by atoms with E-state index >= 15 is 0 Å². The molecule has 0 fully saturated rings. The highest BCUT2D eigenvalue weighted by molar-refractivity contribution is 4.90. The molecule has 0 bridgehead atoms. The summed E-state index contributed by atoms with van der Waals surface area (Å²) in [5.74, 6) is 2.57. The van der Waals surface area contributed by atoms with E-state index in [0.29, 0.717) is 0 Å². The van der Waals surface area contributed by atoms with Crippen LogP contribution in [-0.4, -0.2) is 0 Å². The predicted octanol–water partition coefficient (Wildman–Crippen LogP) is 3.43. The topological polar surface area (TPSA) is 0 Å². The van der Waals surface area contributed by atoms with Crippen LogP contribution in [0.3, 0.4) is 0 Å². The first kappa shape index (κ1) is 9.00. The summed E-state index contributed by atoms with van der Waals surface area (Å²) in [5.41, 5.74) is 0. The lowest BCUT2D eigenvalue weighted by Crippen LogP contribution is -2.05. The quantitative estimate of drug-likeness (QED) is 0.542. The van der Waals surface area contributed by atoms with Crippen molar-refractivity contribution in [3.8, 4) is 0 Å². The van der Waals surface area contributed by atoms with Crippen LogP contribution in [-0.2, 0) is 0 Å². The minimum absolute atomic E-state index is 0.847. The molecule has 0 heteroatoms. The van der Waals surface area contributed by atoms with Crippen molar-refractivity contribution in [1.29, 1.82) is 0 Å². The van der Waals surface area contributed by atoms with Crippen LogP contribution in [0.2, 0.25) is 0 Å². The summed E-state index contributed by atoms with van der Waals surface area (Å²) < 4.78 is 0. The van der Waals surface area contributed by atoms with Crippen molar-refractivity contribution in [3.63, 3.8) is 0 Å². The monoisotopic (exact) mass is 127 g/mol. The maximum Gasteiger partial charge on any atom is -0.0218 e. The first-order valence-corrected chi connectivity index (χ1v) is 4.10. The van der Waals surface area contributed by atoms with Gasteiger partial charge in [0.2, 0.25) is 0 Å².